The van der Waals surface area contributed by atoms with Gasteiger partial charge in [-0.2, -0.15) is 9.37 Å². The zero-order valence-corrected chi connectivity index (χ0v) is 9.80. The summed E-state index contributed by atoms with van der Waals surface area (Å²) in [5.74, 6) is -2.68. The SMILES string of the molecule is CC1CCC(Nc2nc(F)c(F)cc2F)C1C. The van der Waals surface area contributed by atoms with Gasteiger partial charge in [0.05, 0.1) is 0 Å². The second-order valence-electron chi connectivity index (χ2n) is 4.76. The van der Waals surface area contributed by atoms with Crippen LogP contribution in [0.25, 0.3) is 0 Å². The molecule has 3 atom stereocenters. The molecule has 0 saturated heterocycles. The molecule has 1 aromatic heterocycles. The van der Waals surface area contributed by atoms with Crippen molar-refractivity contribution in [3.8, 4) is 0 Å². The average molecular weight is 244 g/mol. The Kier molecular flexibility index (Phi) is 3.26. The van der Waals surface area contributed by atoms with Gasteiger partial charge in [-0.3, -0.25) is 0 Å². The van der Waals surface area contributed by atoms with Crippen molar-refractivity contribution in [3.63, 3.8) is 0 Å². The monoisotopic (exact) mass is 244 g/mol. The summed E-state index contributed by atoms with van der Waals surface area (Å²) in [5.41, 5.74) is 0. The summed E-state index contributed by atoms with van der Waals surface area (Å²) in [6.07, 6.45) is 1.94. The third kappa shape index (κ3) is 2.37. The van der Waals surface area contributed by atoms with Gasteiger partial charge in [-0.25, -0.2) is 8.78 Å². The van der Waals surface area contributed by atoms with Crippen LogP contribution < -0.4 is 5.32 Å². The topological polar surface area (TPSA) is 24.9 Å². The molecule has 0 spiro atoms. The van der Waals surface area contributed by atoms with Gasteiger partial charge in [-0.1, -0.05) is 13.8 Å². The van der Waals surface area contributed by atoms with Crippen molar-refractivity contribution in [2.45, 2.75) is 32.7 Å². The summed E-state index contributed by atoms with van der Waals surface area (Å²) in [6.45, 7) is 4.19. The number of hydrogen-bond donors (Lipinski definition) is 1. The Hall–Kier alpha value is -1.26. The molecular formula is C12H15F3N2. The molecule has 2 rings (SSSR count). The summed E-state index contributed by atoms with van der Waals surface area (Å²) in [6, 6.07) is 0.588. The molecule has 0 aromatic carbocycles. The Morgan fingerprint density at radius 3 is 2.47 bits per heavy atom. The molecule has 94 valence electrons. The quantitative estimate of drug-likeness (QED) is 0.807. The number of pyridine rings is 1. The first-order valence-corrected chi connectivity index (χ1v) is 5.77. The van der Waals surface area contributed by atoms with Gasteiger partial charge in [0.15, 0.2) is 17.5 Å². The van der Waals surface area contributed by atoms with Gasteiger partial charge in [0.1, 0.15) is 0 Å². The molecule has 1 aliphatic rings. The third-order valence-corrected chi connectivity index (χ3v) is 3.67. The van der Waals surface area contributed by atoms with Crippen molar-refractivity contribution in [1.82, 2.24) is 4.98 Å². The highest BCUT2D eigenvalue weighted by Gasteiger charge is 2.30. The number of nitrogens with one attached hydrogen (secondary N) is 1. The van der Waals surface area contributed by atoms with Crippen LogP contribution in [0.2, 0.25) is 0 Å². The number of hydrogen-bond acceptors (Lipinski definition) is 2. The van der Waals surface area contributed by atoms with E-state index in [1.54, 1.807) is 0 Å². The molecule has 0 radical (unpaired) electrons. The summed E-state index contributed by atoms with van der Waals surface area (Å²) in [4.78, 5) is 3.27. The molecule has 5 heteroatoms. The van der Waals surface area contributed by atoms with Gasteiger partial charge in [0.2, 0.25) is 0 Å². The first-order chi connectivity index (χ1) is 7.99. The van der Waals surface area contributed by atoms with Crippen LogP contribution in [0.3, 0.4) is 0 Å². The molecule has 0 bridgehead atoms. The van der Waals surface area contributed by atoms with Gasteiger partial charge >= 0.3 is 0 Å². The van der Waals surface area contributed by atoms with Crippen LogP contribution in [0.5, 0.6) is 0 Å². The van der Waals surface area contributed by atoms with Gasteiger partial charge < -0.3 is 5.32 Å². The molecule has 1 aliphatic carbocycles. The second-order valence-corrected chi connectivity index (χ2v) is 4.76. The van der Waals surface area contributed by atoms with Gasteiger partial charge in [0, 0.05) is 12.1 Å². The van der Waals surface area contributed by atoms with E-state index in [1.807, 2.05) is 0 Å². The summed E-state index contributed by atoms with van der Waals surface area (Å²) >= 11 is 0. The van der Waals surface area contributed by atoms with Crippen molar-refractivity contribution < 1.29 is 13.2 Å². The van der Waals surface area contributed by atoms with E-state index in [2.05, 4.69) is 24.1 Å². The van der Waals surface area contributed by atoms with E-state index in [1.165, 1.54) is 0 Å². The molecule has 3 unspecified atom stereocenters. The van der Waals surface area contributed by atoms with Crippen LogP contribution in [-0.2, 0) is 0 Å². The maximum absolute atomic E-state index is 13.4. The lowest BCUT2D eigenvalue weighted by atomic mass is 9.98. The van der Waals surface area contributed by atoms with E-state index in [-0.39, 0.29) is 11.9 Å². The van der Waals surface area contributed by atoms with E-state index >= 15 is 0 Å². The summed E-state index contributed by atoms with van der Waals surface area (Å²) < 4.78 is 39.0. The highest BCUT2D eigenvalue weighted by molar-refractivity contribution is 5.37. The minimum atomic E-state index is -1.27. The fourth-order valence-electron chi connectivity index (χ4n) is 2.29. The Balaban J connectivity index is 2.16. The summed E-state index contributed by atoms with van der Waals surface area (Å²) in [7, 11) is 0. The molecule has 1 N–H and O–H groups in total. The third-order valence-electron chi connectivity index (χ3n) is 3.67. The van der Waals surface area contributed by atoms with Crippen LogP contribution in [0.15, 0.2) is 6.07 Å². The average Bonchev–Trinajstić information content (AvgIpc) is 2.58. The fourth-order valence-corrected chi connectivity index (χ4v) is 2.29. The van der Waals surface area contributed by atoms with Crippen LogP contribution in [0.1, 0.15) is 26.7 Å². The Morgan fingerprint density at radius 1 is 1.18 bits per heavy atom. The fraction of sp³-hybridized carbons (Fsp3) is 0.583. The number of halogens is 3. The Labute approximate surface area is 98.2 Å². The molecule has 2 nitrogen and oxygen atoms in total. The minimum absolute atomic E-state index is 0.0665. The summed E-state index contributed by atoms with van der Waals surface area (Å²) in [5, 5.41) is 2.86. The number of nitrogens with zero attached hydrogens (tertiary/aromatic N) is 1. The lowest BCUT2D eigenvalue weighted by Crippen LogP contribution is -2.25. The predicted molar refractivity (Wildman–Crippen MR) is 59.1 cm³/mol. The smallest absolute Gasteiger partial charge is 0.251 e. The molecule has 0 amide bonds. The molecular weight excluding hydrogens is 229 g/mol. The van der Waals surface area contributed by atoms with E-state index in [0.29, 0.717) is 17.9 Å². The Morgan fingerprint density at radius 2 is 1.88 bits per heavy atom. The lowest BCUT2D eigenvalue weighted by molar-refractivity contribution is 0.430. The van der Waals surface area contributed by atoms with E-state index in [0.717, 1.165) is 12.8 Å². The van der Waals surface area contributed by atoms with E-state index in [4.69, 9.17) is 0 Å². The highest BCUT2D eigenvalue weighted by atomic mass is 19.2. The Bertz CT molecular complexity index is 422. The molecule has 1 fully saturated rings. The second kappa shape index (κ2) is 4.55. The zero-order valence-electron chi connectivity index (χ0n) is 9.80. The highest BCUT2D eigenvalue weighted by Crippen LogP contribution is 2.33. The van der Waals surface area contributed by atoms with Crippen LogP contribution in [0.4, 0.5) is 19.0 Å². The van der Waals surface area contributed by atoms with Crippen LogP contribution in [-0.4, -0.2) is 11.0 Å². The first-order valence-electron chi connectivity index (χ1n) is 5.77. The first kappa shape index (κ1) is 12.2. The van der Waals surface area contributed by atoms with Crippen molar-refractivity contribution >= 4 is 5.82 Å². The van der Waals surface area contributed by atoms with E-state index in [9.17, 15) is 13.2 Å². The number of rotatable bonds is 2. The number of aromatic nitrogens is 1. The van der Waals surface area contributed by atoms with Crippen molar-refractivity contribution in [3.05, 3.63) is 23.6 Å². The standard InChI is InChI=1S/C12H15F3N2/c1-6-3-4-10(7(6)2)16-12-9(14)5-8(13)11(15)17-12/h5-7,10H,3-4H2,1-2H3,(H,16,17). The van der Waals surface area contributed by atoms with Crippen LogP contribution >= 0.6 is 0 Å². The van der Waals surface area contributed by atoms with Gasteiger partial charge in [-0.15, -0.1) is 0 Å². The van der Waals surface area contributed by atoms with E-state index < -0.39 is 17.6 Å². The van der Waals surface area contributed by atoms with Gasteiger partial charge in [-0.05, 0) is 24.7 Å². The molecule has 1 saturated carbocycles. The largest absolute Gasteiger partial charge is 0.365 e. The minimum Gasteiger partial charge on any atom is -0.365 e. The molecule has 1 heterocycles. The maximum atomic E-state index is 13.4. The van der Waals surface area contributed by atoms with Gasteiger partial charge in [0.25, 0.3) is 5.95 Å². The molecule has 1 aromatic rings. The van der Waals surface area contributed by atoms with Crippen molar-refractivity contribution in [1.29, 1.82) is 0 Å². The number of anilines is 1. The maximum Gasteiger partial charge on any atom is 0.251 e. The van der Waals surface area contributed by atoms with Crippen molar-refractivity contribution in [2.75, 3.05) is 5.32 Å². The predicted octanol–water partition coefficient (Wildman–Crippen LogP) is 3.35. The van der Waals surface area contributed by atoms with Crippen molar-refractivity contribution in [2.24, 2.45) is 11.8 Å². The normalized spacial score (nSPS) is 28.4. The molecule has 0 aliphatic heterocycles. The lowest BCUT2D eigenvalue weighted by Gasteiger charge is -2.20. The molecule has 17 heavy (non-hydrogen) atoms. The zero-order chi connectivity index (χ0) is 12.6. The van der Waals surface area contributed by atoms with Crippen LogP contribution in [0, 0.1) is 29.4 Å².